The van der Waals surface area contributed by atoms with Gasteiger partial charge in [0.15, 0.2) is 16.3 Å². The van der Waals surface area contributed by atoms with Crippen LogP contribution in [0.2, 0.25) is 0 Å². The van der Waals surface area contributed by atoms with E-state index < -0.39 is 5.97 Å². The molecule has 0 aliphatic carbocycles. The molecule has 2 aromatic heterocycles. The van der Waals surface area contributed by atoms with Crippen molar-refractivity contribution in [1.82, 2.24) is 19.5 Å². The van der Waals surface area contributed by atoms with Crippen LogP contribution in [0.3, 0.4) is 0 Å². The summed E-state index contributed by atoms with van der Waals surface area (Å²) in [6.07, 6.45) is 1.56. The van der Waals surface area contributed by atoms with E-state index in [9.17, 15) is 9.90 Å². The molecule has 2 heterocycles. The normalized spacial score (nSPS) is 10.9. The molecule has 0 fully saturated rings. The first-order valence-electron chi connectivity index (χ1n) is 6.50. The number of carboxylic acids is 1. The van der Waals surface area contributed by atoms with E-state index >= 15 is 0 Å². The first-order chi connectivity index (χ1) is 10.6. The van der Waals surface area contributed by atoms with Gasteiger partial charge in [0.05, 0.1) is 18.8 Å². The van der Waals surface area contributed by atoms with Crippen LogP contribution in [0.4, 0.5) is 0 Å². The lowest BCUT2D eigenvalue weighted by molar-refractivity contribution is -0.301. The zero-order valence-corrected chi connectivity index (χ0v) is 12.3. The average molecular weight is 314 g/mol. The van der Waals surface area contributed by atoms with Crippen molar-refractivity contribution in [3.63, 3.8) is 0 Å². The fourth-order valence-corrected chi connectivity index (χ4v) is 2.63. The molecular weight excluding hydrogens is 302 g/mol. The summed E-state index contributed by atoms with van der Waals surface area (Å²) < 4.78 is 1.82. The number of nitrogens with one attached hydrogen (secondary N) is 2. The van der Waals surface area contributed by atoms with Crippen molar-refractivity contribution in [2.24, 2.45) is 0 Å². The van der Waals surface area contributed by atoms with Crippen LogP contribution in [-0.4, -0.2) is 31.2 Å². The van der Waals surface area contributed by atoms with E-state index in [2.05, 4.69) is 15.0 Å². The SMILES string of the molecule is N=c1ncn(Cc2ccccc2)c2nc(SCC(=O)[O-])[nH]c12. The van der Waals surface area contributed by atoms with E-state index in [1.54, 1.807) is 6.33 Å². The van der Waals surface area contributed by atoms with Crippen LogP contribution < -0.4 is 10.6 Å². The second kappa shape index (κ2) is 6.02. The molecule has 0 saturated heterocycles. The predicted octanol–water partition coefficient (Wildman–Crippen LogP) is 0.129. The Bertz CT molecular complexity index is 872. The molecule has 8 heteroatoms. The Balaban J connectivity index is 1.98. The summed E-state index contributed by atoms with van der Waals surface area (Å²) in [6.45, 7) is 0.570. The monoisotopic (exact) mass is 314 g/mol. The summed E-state index contributed by atoms with van der Waals surface area (Å²) in [5.74, 6) is -1.36. The lowest BCUT2D eigenvalue weighted by Crippen LogP contribution is -2.24. The first kappa shape index (κ1) is 14.3. The number of thioether (sulfide) groups is 1. The molecule has 0 radical (unpaired) electrons. The Morgan fingerprint density at radius 3 is 2.86 bits per heavy atom. The summed E-state index contributed by atoms with van der Waals surface area (Å²) >= 11 is 1.02. The highest BCUT2D eigenvalue weighted by atomic mass is 32.2. The number of fused-ring (bicyclic) bond motifs is 1. The maximum absolute atomic E-state index is 10.5. The van der Waals surface area contributed by atoms with Gasteiger partial charge >= 0.3 is 0 Å². The molecule has 1 aromatic carbocycles. The van der Waals surface area contributed by atoms with Crippen molar-refractivity contribution in [2.75, 3.05) is 5.75 Å². The molecule has 0 unspecified atom stereocenters. The number of aliphatic carboxylic acids is 1. The van der Waals surface area contributed by atoms with Crippen molar-refractivity contribution < 1.29 is 9.90 Å². The van der Waals surface area contributed by atoms with Gasteiger partial charge in [-0.3, -0.25) is 5.41 Å². The number of hydrogen-bond donors (Lipinski definition) is 2. The van der Waals surface area contributed by atoms with E-state index in [1.807, 2.05) is 34.9 Å². The molecule has 3 rings (SSSR count). The summed E-state index contributed by atoms with van der Waals surface area (Å²) in [5.41, 5.74) is 2.22. The van der Waals surface area contributed by atoms with Gasteiger partial charge in [-0.05, 0) is 5.56 Å². The smallest absolute Gasteiger partial charge is 0.173 e. The molecule has 0 saturated carbocycles. The number of benzene rings is 1. The van der Waals surface area contributed by atoms with Crippen LogP contribution in [0, 0.1) is 5.41 Å². The molecule has 0 amide bonds. The summed E-state index contributed by atoms with van der Waals surface area (Å²) in [5, 5.41) is 18.8. The molecule has 0 atom stereocenters. The van der Waals surface area contributed by atoms with Crippen LogP contribution in [0.1, 0.15) is 5.56 Å². The summed E-state index contributed by atoms with van der Waals surface area (Å²) in [7, 11) is 0. The number of aromatic nitrogens is 4. The van der Waals surface area contributed by atoms with E-state index in [1.165, 1.54) is 0 Å². The Morgan fingerprint density at radius 2 is 2.14 bits per heavy atom. The van der Waals surface area contributed by atoms with Crippen LogP contribution in [0.25, 0.3) is 11.2 Å². The maximum Gasteiger partial charge on any atom is 0.173 e. The zero-order valence-electron chi connectivity index (χ0n) is 11.4. The molecule has 112 valence electrons. The molecule has 0 aliphatic rings. The van der Waals surface area contributed by atoms with Gasteiger partial charge in [0, 0.05) is 5.75 Å². The number of H-pyrrole nitrogens is 1. The van der Waals surface area contributed by atoms with E-state index in [-0.39, 0.29) is 11.2 Å². The van der Waals surface area contributed by atoms with Gasteiger partial charge in [-0.1, -0.05) is 42.1 Å². The van der Waals surface area contributed by atoms with Crippen molar-refractivity contribution in [3.05, 3.63) is 47.7 Å². The van der Waals surface area contributed by atoms with Crippen molar-refractivity contribution >= 4 is 28.9 Å². The van der Waals surface area contributed by atoms with Gasteiger partial charge in [-0.15, -0.1) is 0 Å². The molecule has 22 heavy (non-hydrogen) atoms. The van der Waals surface area contributed by atoms with Crippen molar-refractivity contribution in [3.8, 4) is 0 Å². The second-order valence-corrected chi connectivity index (χ2v) is 5.57. The third-order valence-electron chi connectivity index (χ3n) is 3.02. The standard InChI is InChI=1S/C14H13N5O2S/c15-12-11-13(18-14(17-11)22-7-10(20)21)19(8-16-12)6-9-4-2-1-3-5-9/h1-5,8,15H,6-7H2,(H,17,18)(H,20,21)/p-1. The minimum Gasteiger partial charge on any atom is -0.549 e. The fraction of sp³-hybridized carbons (Fsp3) is 0.143. The molecule has 2 N–H and O–H groups in total. The van der Waals surface area contributed by atoms with Gasteiger partial charge in [-0.25, -0.2) is 9.97 Å². The van der Waals surface area contributed by atoms with E-state index in [4.69, 9.17) is 5.41 Å². The number of rotatable bonds is 5. The minimum absolute atomic E-state index is 0.0760. The fourth-order valence-electron chi connectivity index (χ4n) is 2.05. The third kappa shape index (κ3) is 3.01. The third-order valence-corrected chi connectivity index (χ3v) is 3.87. The number of carboxylic acid groups (broad SMARTS) is 1. The van der Waals surface area contributed by atoms with Crippen molar-refractivity contribution in [2.45, 2.75) is 11.7 Å². The lowest BCUT2D eigenvalue weighted by Gasteiger charge is -2.06. The van der Waals surface area contributed by atoms with Crippen molar-refractivity contribution in [1.29, 1.82) is 5.41 Å². The summed E-state index contributed by atoms with van der Waals surface area (Å²) in [6, 6.07) is 9.83. The number of imidazole rings is 1. The van der Waals surface area contributed by atoms with Crippen LogP contribution in [0.15, 0.2) is 41.8 Å². The first-order valence-corrected chi connectivity index (χ1v) is 7.48. The highest BCUT2D eigenvalue weighted by Gasteiger charge is 2.09. The Kier molecular flexibility index (Phi) is 3.92. The lowest BCUT2D eigenvalue weighted by atomic mass is 10.2. The van der Waals surface area contributed by atoms with Gasteiger partial charge < -0.3 is 19.5 Å². The number of carbonyl (C=O) groups excluding carboxylic acids is 1. The zero-order chi connectivity index (χ0) is 15.5. The predicted molar refractivity (Wildman–Crippen MR) is 79.0 cm³/mol. The maximum atomic E-state index is 10.5. The van der Waals surface area contributed by atoms with Crippen LogP contribution in [0.5, 0.6) is 0 Å². The molecule has 3 aromatic rings. The van der Waals surface area contributed by atoms with Gasteiger partial charge in [-0.2, -0.15) is 0 Å². The van der Waals surface area contributed by atoms with E-state index in [0.717, 1.165) is 17.3 Å². The molecule has 0 aliphatic heterocycles. The topological polar surface area (TPSA) is 110 Å². The van der Waals surface area contributed by atoms with Gasteiger partial charge in [0.1, 0.15) is 5.52 Å². The van der Waals surface area contributed by atoms with Crippen LogP contribution >= 0.6 is 11.8 Å². The molecule has 7 nitrogen and oxygen atoms in total. The number of nitrogens with zero attached hydrogens (tertiary/aromatic N) is 3. The number of carbonyl (C=O) groups is 1. The molecular formula is C14H12N5O2S-. The van der Waals surface area contributed by atoms with E-state index in [0.29, 0.717) is 22.9 Å². The molecule has 0 bridgehead atoms. The molecule has 0 spiro atoms. The van der Waals surface area contributed by atoms with Gasteiger partial charge in [0.25, 0.3) is 0 Å². The number of hydrogen-bond acceptors (Lipinski definition) is 6. The summed E-state index contributed by atoms with van der Waals surface area (Å²) in [4.78, 5) is 21.9. The Labute approximate surface area is 129 Å². The van der Waals surface area contributed by atoms with Gasteiger partial charge in [0.2, 0.25) is 0 Å². The Morgan fingerprint density at radius 1 is 1.36 bits per heavy atom. The average Bonchev–Trinajstić information content (AvgIpc) is 2.94. The Hall–Kier alpha value is -2.61. The largest absolute Gasteiger partial charge is 0.549 e. The quantitative estimate of drug-likeness (QED) is 0.650. The second-order valence-electron chi connectivity index (χ2n) is 4.61. The van der Waals surface area contributed by atoms with Crippen LogP contribution in [-0.2, 0) is 11.3 Å². The number of aromatic amines is 1. The highest BCUT2D eigenvalue weighted by Crippen LogP contribution is 2.17. The highest BCUT2D eigenvalue weighted by molar-refractivity contribution is 7.99. The minimum atomic E-state index is -1.16.